The van der Waals surface area contributed by atoms with Crippen molar-refractivity contribution in [3.8, 4) is 11.5 Å². The van der Waals surface area contributed by atoms with E-state index < -0.39 is 5.91 Å². The number of hydrogen-bond donors (Lipinski definition) is 3. The monoisotopic (exact) mass is 257 g/mol. The van der Waals surface area contributed by atoms with Crippen LogP contribution in [0.25, 0.3) is 0 Å². The minimum Gasteiger partial charge on any atom is -0.507 e. The standard InChI is InChI=1S/C15H15NO3/c1-9-6-10(2)8-11(7-9)16-15(19)14-12(17)4-3-5-13(14)18/h3-8,17-18H,1-2H3,(H,16,19). The van der Waals surface area contributed by atoms with Gasteiger partial charge in [0.15, 0.2) is 0 Å². The lowest BCUT2D eigenvalue weighted by Gasteiger charge is -2.09. The summed E-state index contributed by atoms with van der Waals surface area (Å²) in [5.74, 6) is -1.04. The van der Waals surface area contributed by atoms with E-state index in [2.05, 4.69) is 5.32 Å². The average Bonchev–Trinajstić information content (AvgIpc) is 2.26. The number of benzene rings is 2. The van der Waals surface area contributed by atoms with E-state index in [9.17, 15) is 15.0 Å². The zero-order valence-corrected chi connectivity index (χ0v) is 10.8. The molecule has 0 fully saturated rings. The lowest BCUT2D eigenvalue weighted by atomic mass is 10.1. The Morgan fingerprint density at radius 3 is 2.05 bits per heavy atom. The molecular weight excluding hydrogens is 242 g/mol. The van der Waals surface area contributed by atoms with E-state index in [0.717, 1.165) is 11.1 Å². The number of rotatable bonds is 2. The summed E-state index contributed by atoms with van der Waals surface area (Å²) in [5.41, 5.74) is 2.56. The fourth-order valence-electron chi connectivity index (χ4n) is 2.00. The number of hydrogen-bond acceptors (Lipinski definition) is 3. The van der Waals surface area contributed by atoms with Gasteiger partial charge in [-0.05, 0) is 49.2 Å². The van der Waals surface area contributed by atoms with Crippen LogP contribution in [-0.4, -0.2) is 16.1 Å². The second-order valence-electron chi connectivity index (χ2n) is 4.50. The van der Waals surface area contributed by atoms with Gasteiger partial charge in [0.05, 0.1) is 0 Å². The molecule has 0 aliphatic carbocycles. The van der Waals surface area contributed by atoms with Crippen LogP contribution in [0.1, 0.15) is 21.5 Å². The third-order valence-corrected chi connectivity index (χ3v) is 2.73. The van der Waals surface area contributed by atoms with Gasteiger partial charge in [0, 0.05) is 5.69 Å². The van der Waals surface area contributed by atoms with Crippen LogP contribution < -0.4 is 5.32 Å². The van der Waals surface area contributed by atoms with Crippen LogP contribution in [0.4, 0.5) is 5.69 Å². The van der Waals surface area contributed by atoms with E-state index >= 15 is 0 Å². The number of anilines is 1. The molecule has 0 unspecified atom stereocenters. The summed E-state index contributed by atoms with van der Waals surface area (Å²) >= 11 is 0. The van der Waals surface area contributed by atoms with Crippen molar-refractivity contribution >= 4 is 11.6 Å². The second kappa shape index (κ2) is 5.02. The van der Waals surface area contributed by atoms with Crippen molar-refractivity contribution in [3.05, 3.63) is 53.1 Å². The number of aromatic hydroxyl groups is 2. The van der Waals surface area contributed by atoms with Gasteiger partial charge in [-0.3, -0.25) is 4.79 Å². The average molecular weight is 257 g/mol. The van der Waals surface area contributed by atoms with E-state index in [1.165, 1.54) is 18.2 Å². The van der Waals surface area contributed by atoms with Gasteiger partial charge >= 0.3 is 0 Å². The molecule has 4 nitrogen and oxygen atoms in total. The molecule has 0 atom stereocenters. The number of nitrogens with one attached hydrogen (secondary N) is 1. The first kappa shape index (κ1) is 13.0. The van der Waals surface area contributed by atoms with Crippen LogP contribution in [0.2, 0.25) is 0 Å². The van der Waals surface area contributed by atoms with Crippen LogP contribution in [0, 0.1) is 13.8 Å². The van der Waals surface area contributed by atoms with E-state index in [-0.39, 0.29) is 17.1 Å². The molecule has 0 heterocycles. The first-order valence-electron chi connectivity index (χ1n) is 5.88. The number of carbonyl (C=O) groups is 1. The van der Waals surface area contributed by atoms with Gasteiger partial charge in [0.25, 0.3) is 5.91 Å². The third-order valence-electron chi connectivity index (χ3n) is 2.73. The molecule has 0 aromatic heterocycles. The van der Waals surface area contributed by atoms with Crippen LogP contribution in [0.15, 0.2) is 36.4 Å². The topological polar surface area (TPSA) is 69.6 Å². The molecule has 0 radical (unpaired) electrons. The molecule has 0 bridgehead atoms. The first-order chi connectivity index (χ1) is 8.97. The quantitative estimate of drug-likeness (QED) is 0.774. The smallest absolute Gasteiger partial charge is 0.263 e. The predicted octanol–water partition coefficient (Wildman–Crippen LogP) is 2.97. The van der Waals surface area contributed by atoms with Crippen molar-refractivity contribution < 1.29 is 15.0 Å². The molecule has 4 heteroatoms. The molecule has 19 heavy (non-hydrogen) atoms. The molecular formula is C15H15NO3. The highest BCUT2D eigenvalue weighted by Crippen LogP contribution is 2.27. The van der Waals surface area contributed by atoms with Gasteiger partial charge < -0.3 is 15.5 Å². The molecule has 2 rings (SSSR count). The SMILES string of the molecule is Cc1cc(C)cc(NC(=O)c2c(O)cccc2O)c1. The second-order valence-corrected chi connectivity index (χ2v) is 4.50. The van der Waals surface area contributed by atoms with Crippen LogP contribution in [0.5, 0.6) is 11.5 Å². The molecule has 2 aromatic rings. The Labute approximate surface area is 111 Å². The van der Waals surface area contributed by atoms with Crippen LogP contribution in [-0.2, 0) is 0 Å². The van der Waals surface area contributed by atoms with Gasteiger partial charge in [-0.2, -0.15) is 0 Å². The maximum Gasteiger partial charge on any atom is 0.263 e. The molecule has 98 valence electrons. The normalized spacial score (nSPS) is 10.2. The molecule has 0 spiro atoms. The number of aryl methyl sites for hydroxylation is 2. The van der Waals surface area contributed by atoms with Crippen molar-refractivity contribution in [3.63, 3.8) is 0 Å². The minimum absolute atomic E-state index is 0.123. The molecule has 1 amide bonds. The van der Waals surface area contributed by atoms with Crippen molar-refractivity contribution in [2.75, 3.05) is 5.32 Å². The summed E-state index contributed by atoms with van der Waals surface area (Å²) in [5, 5.41) is 21.9. The van der Waals surface area contributed by atoms with Crippen molar-refractivity contribution in [2.45, 2.75) is 13.8 Å². The summed E-state index contributed by atoms with van der Waals surface area (Å²) in [7, 11) is 0. The summed E-state index contributed by atoms with van der Waals surface area (Å²) in [6.07, 6.45) is 0. The Balaban J connectivity index is 2.31. The summed E-state index contributed by atoms with van der Waals surface area (Å²) in [4.78, 5) is 12.0. The van der Waals surface area contributed by atoms with Crippen molar-refractivity contribution in [1.82, 2.24) is 0 Å². The van der Waals surface area contributed by atoms with Gasteiger partial charge in [0.1, 0.15) is 17.1 Å². The van der Waals surface area contributed by atoms with E-state index in [0.29, 0.717) is 5.69 Å². The molecule has 2 aromatic carbocycles. The Hall–Kier alpha value is -2.49. The number of phenols is 2. The van der Waals surface area contributed by atoms with Crippen molar-refractivity contribution in [2.24, 2.45) is 0 Å². The maximum absolute atomic E-state index is 12.0. The molecule has 3 N–H and O–H groups in total. The first-order valence-corrected chi connectivity index (χ1v) is 5.88. The van der Waals surface area contributed by atoms with Crippen LogP contribution >= 0.6 is 0 Å². The number of phenolic OH excluding ortho intramolecular Hbond substituents is 2. The molecule has 0 saturated heterocycles. The summed E-state index contributed by atoms with van der Waals surface area (Å²) < 4.78 is 0. The minimum atomic E-state index is -0.541. The van der Waals surface area contributed by atoms with Crippen molar-refractivity contribution in [1.29, 1.82) is 0 Å². The lowest BCUT2D eigenvalue weighted by Crippen LogP contribution is -2.12. The molecule has 0 aliphatic rings. The van der Waals surface area contributed by atoms with E-state index in [1.54, 1.807) is 0 Å². The fraction of sp³-hybridized carbons (Fsp3) is 0.133. The fourth-order valence-corrected chi connectivity index (χ4v) is 2.00. The Morgan fingerprint density at radius 2 is 1.53 bits per heavy atom. The van der Waals surface area contributed by atoms with Crippen LogP contribution in [0.3, 0.4) is 0 Å². The van der Waals surface area contributed by atoms with Gasteiger partial charge in [-0.1, -0.05) is 12.1 Å². The van der Waals surface area contributed by atoms with Gasteiger partial charge in [-0.25, -0.2) is 0 Å². The predicted molar refractivity (Wildman–Crippen MR) is 73.6 cm³/mol. The number of amides is 1. The lowest BCUT2D eigenvalue weighted by molar-refractivity contribution is 0.102. The Bertz CT molecular complexity index is 595. The molecule has 0 aliphatic heterocycles. The summed E-state index contributed by atoms with van der Waals surface area (Å²) in [6.45, 7) is 3.86. The van der Waals surface area contributed by atoms with Gasteiger partial charge in [0.2, 0.25) is 0 Å². The Kier molecular flexibility index (Phi) is 3.42. The number of carbonyl (C=O) groups excluding carboxylic acids is 1. The Morgan fingerprint density at radius 1 is 1.00 bits per heavy atom. The highest BCUT2D eigenvalue weighted by Gasteiger charge is 2.16. The highest BCUT2D eigenvalue weighted by atomic mass is 16.3. The maximum atomic E-state index is 12.0. The highest BCUT2D eigenvalue weighted by molar-refractivity contribution is 6.08. The zero-order chi connectivity index (χ0) is 14.0. The zero-order valence-electron chi connectivity index (χ0n) is 10.8. The summed E-state index contributed by atoms with van der Waals surface area (Å²) in [6, 6.07) is 9.82. The third kappa shape index (κ3) is 2.85. The van der Waals surface area contributed by atoms with E-state index in [4.69, 9.17) is 0 Å². The van der Waals surface area contributed by atoms with Gasteiger partial charge in [-0.15, -0.1) is 0 Å². The van der Waals surface area contributed by atoms with E-state index in [1.807, 2.05) is 32.0 Å². The molecule has 0 saturated carbocycles. The largest absolute Gasteiger partial charge is 0.507 e.